The van der Waals surface area contributed by atoms with Crippen molar-refractivity contribution < 1.29 is 14.4 Å². The zero-order chi connectivity index (χ0) is 25.7. The molecule has 0 bridgehead atoms. The fraction of sp³-hybridized carbons (Fsp3) is 0.323. The molecule has 1 saturated heterocycles. The lowest BCUT2D eigenvalue weighted by Crippen LogP contribution is -2.52. The van der Waals surface area contributed by atoms with Gasteiger partial charge < -0.3 is 10.2 Å². The number of nitrogens with one attached hydrogen (secondary N) is 1. The van der Waals surface area contributed by atoms with Crippen LogP contribution in [0.2, 0.25) is 0 Å². The van der Waals surface area contributed by atoms with Crippen LogP contribution in [0.5, 0.6) is 0 Å². The molecule has 1 aliphatic rings. The van der Waals surface area contributed by atoms with E-state index in [0.29, 0.717) is 37.3 Å². The number of carbonyl (C=O) groups is 3. The van der Waals surface area contributed by atoms with Gasteiger partial charge in [0.15, 0.2) is 11.6 Å². The monoisotopic (exact) mass is 482 g/mol. The first-order valence-corrected chi connectivity index (χ1v) is 12.6. The molecule has 36 heavy (non-hydrogen) atoms. The summed E-state index contributed by atoms with van der Waals surface area (Å²) in [6.45, 7) is 7.77. The number of likely N-dealkylation sites (tertiary alicyclic amines) is 1. The van der Waals surface area contributed by atoms with Gasteiger partial charge >= 0.3 is 0 Å². The molecule has 186 valence electrons. The number of hydrogen-bond acceptors (Lipinski definition) is 4. The van der Waals surface area contributed by atoms with Gasteiger partial charge in [0.05, 0.1) is 0 Å². The summed E-state index contributed by atoms with van der Waals surface area (Å²) in [5.41, 5.74) is 4.67. The maximum atomic E-state index is 14.0. The van der Waals surface area contributed by atoms with Gasteiger partial charge in [-0.3, -0.25) is 14.4 Å². The Bertz CT molecular complexity index is 1160. The second-order valence-corrected chi connectivity index (χ2v) is 9.73. The van der Waals surface area contributed by atoms with E-state index >= 15 is 0 Å². The number of ketones is 2. The lowest BCUT2D eigenvalue weighted by atomic mass is 9.67. The van der Waals surface area contributed by atoms with Crippen molar-refractivity contribution in [2.75, 3.05) is 26.2 Å². The maximum Gasteiger partial charge on any atom is 0.216 e. The minimum absolute atomic E-state index is 0.0524. The first-order chi connectivity index (χ1) is 17.4. The van der Waals surface area contributed by atoms with Gasteiger partial charge in [-0.25, -0.2) is 0 Å². The molecule has 0 unspecified atom stereocenters. The van der Waals surface area contributed by atoms with Crippen molar-refractivity contribution in [3.05, 3.63) is 107 Å². The summed E-state index contributed by atoms with van der Waals surface area (Å²) in [5.74, 6) is -1.02. The number of nitrogens with zero attached hydrogens (tertiary/aromatic N) is 1. The molecule has 0 aliphatic carbocycles. The Morgan fingerprint density at radius 2 is 1.31 bits per heavy atom. The number of aryl methyl sites for hydroxylation is 1. The van der Waals surface area contributed by atoms with Crippen molar-refractivity contribution in [3.63, 3.8) is 0 Å². The summed E-state index contributed by atoms with van der Waals surface area (Å²) >= 11 is 0. The quantitative estimate of drug-likeness (QED) is 0.467. The zero-order valence-corrected chi connectivity index (χ0v) is 21.2. The lowest BCUT2D eigenvalue weighted by molar-refractivity contribution is -0.119. The van der Waals surface area contributed by atoms with Crippen molar-refractivity contribution in [1.29, 1.82) is 0 Å². The first-order valence-electron chi connectivity index (χ1n) is 12.6. The molecule has 0 aromatic heterocycles. The highest BCUT2D eigenvalue weighted by Crippen LogP contribution is 2.42. The predicted octanol–water partition coefficient (Wildman–Crippen LogP) is 4.84. The molecule has 1 amide bonds. The van der Waals surface area contributed by atoms with Gasteiger partial charge in [-0.2, -0.15) is 0 Å². The van der Waals surface area contributed by atoms with E-state index in [4.69, 9.17) is 0 Å². The summed E-state index contributed by atoms with van der Waals surface area (Å²) in [5, 5.41) is 2.85. The molecule has 3 aromatic rings. The largest absolute Gasteiger partial charge is 0.355 e. The average Bonchev–Trinajstić information content (AvgIpc) is 2.90. The van der Waals surface area contributed by atoms with Crippen molar-refractivity contribution in [3.8, 4) is 0 Å². The zero-order valence-electron chi connectivity index (χ0n) is 21.2. The van der Waals surface area contributed by atoms with E-state index in [1.807, 2.05) is 66.7 Å². The normalized spacial score (nSPS) is 18.5. The molecule has 5 nitrogen and oxygen atoms in total. The minimum atomic E-state index is -0.392. The van der Waals surface area contributed by atoms with Crippen LogP contribution in [0.4, 0.5) is 0 Å². The summed E-state index contributed by atoms with van der Waals surface area (Å²) in [4.78, 5) is 41.6. The van der Waals surface area contributed by atoms with E-state index in [-0.39, 0.29) is 23.4 Å². The van der Waals surface area contributed by atoms with Gasteiger partial charge in [0.2, 0.25) is 5.91 Å². The number of amides is 1. The number of benzene rings is 3. The third-order valence-electron chi connectivity index (χ3n) is 7.37. The van der Waals surface area contributed by atoms with Crippen molar-refractivity contribution in [2.24, 2.45) is 11.8 Å². The predicted molar refractivity (Wildman–Crippen MR) is 142 cm³/mol. The highest BCUT2D eigenvalue weighted by atomic mass is 16.1. The number of rotatable bonds is 8. The highest BCUT2D eigenvalue weighted by molar-refractivity contribution is 6.02. The topological polar surface area (TPSA) is 66.5 Å². The van der Waals surface area contributed by atoms with E-state index in [2.05, 4.69) is 36.2 Å². The standard InChI is InChI=1S/C31H34N2O3/c1-21-11-10-16-26(22(21)2)29-27(30(35)24-12-6-4-7-13-24)19-33(18-17-32-23(3)34)20-28(29)31(36)25-14-8-5-9-15-25/h4-16,27-29H,17-20H2,1-3H3,(H,32,34)/t27-,28-/m0/s1. The Hall–Kier alpha value is -3.57. The fourth-order valence-corrected chi connectivity index (χ4v) is 5.40. The Morgan fingerprint density at radius 1 is 0.778 bits per heavy atom. The Morgan fingerprint density at radius 3 is 1.81 bits per heavy atom. The van der Waals surface area contributed by atoms with Crippen LogP contribution < -0.4 is 5.32 Å². The van der Waals surface area contributed by atoms with Crippen molar-refractivity contribution in [2.45, 2.75) is 26.7 Å². The molecule has 1 N–H and O–H groups in total. The average molecular weight is 483 g/mol. The molecule has 0 spiro atoms. The fourth-order valence-electron chi connectivity index (χ4n) is 5.40. The molecular formula is C31H34N2O3. The van der Waals surface area contributed by atoms with Gasteiger partial charge in [0.25, 0.3) is 0 Å². The maximum absolute atomic E-state index is 14.0. The van der Waals surface area contributed by atoms with E-state index in [1.54, 1.807) is 0 Å². The van der Waals surface area contributed by atoms with Crippen LogP contribution in [-0.2, 0) is 4.79 Å². The summed E-state index contributed by atoms with van der Waals surface area (Å²) in [6.07, 6.45) is 0. The Kier molecular flexibility index (Phi) is 8.11. The van der Waals surface area contributed by atoms with Crippen LogP contribution in [-0.4, -0.2) is 48.6 Å². The lowest BCUT2D eigenvalue weighted by Gasteiger charge is -2.43. The second kappa shape index (κ2) is 11.4. The van der Waals surface area contributed by atoms with E-state index < -0.39 is 11.8 Å². The number of carbonyl (C=O) groups excluding carboxylic acids is 3. The number of hydrogen-bond donors (Lipinski definition) is 1. The smallest absolute Gasteiger partial charge is 0.216 e. The SMILES string of the molecule is CC(=O)NCCN1C[C@H](C(=O)c2ccccc2)C(c2cccc(C)c2C)[C@@H](C(=O)c2ccccc2)C1. The molecule has 1 fully saturated rings. The van der Waals surface area contributed by atoms with Crippen LogP contribution in [0.25, 0.3) is 0 Å². The van der Waals surface area contributed by atoms with Crippen LogP contribution in [0.1, 0.15) is 50.2 Å². The van der Waals surface area contributed by atoms with E-state index in [0.717, 1.165) is 16.7 Å². The molecule has 1 heterocycles. The molecular weight excluding hydrogens is 448 g/mol. The summed E-state index contributed by atoms with van der Waals surface area (Å²) < 4.78 is 0. The molecule has 1 aliphatic heterocycles. The second-order valence-electron chi connectivity index (χ2n) is 9.73. The van der Waals surface area contributed by atoms with E-state index in [1.165, 1.54) is 6.92 Å². The van der Waals surface area contributed by atoms with Crippen LogP contribution in [0.3, 0.4) is 0 Å². The summed E-state index contributed by atoms with van der Waals surface area (Å²) in [7, 11) is 0. The molecule has 0 radical (unpaired) electrons. The minimum Gasteiger partial charge on any atom is -0.355 e. The van der Waals surface area contributed by atoms with Crippen molar-refractivity contribution in [1.82, 2.24) is 10.2 Å². The van der Waals surface area contributed by atoms with Gasteiger partial charge in [-0.15, -0.1) is 0 Å². The Labute approximate surface area is 213 Å². The molecule has 5 heteroatoms. The van der Waals surface area contributed by atoms with Crippen LogP contribution in [0.15, 0.2) is 78.9 Å². The summed E-state index contributed by atoms with van der Waals surface area (Å²) in [6, 6.07) is 24.9. The van der Waals surface area contributed by atoms with Crippen LogP contribution in [0, 0.1) is 25.7 Å². The third kappa shape index (κ3) is 5.63. The van der Waals surface area contributed by atoms with Gasteiger partial charge in [0, 0.05) is 62.0 Å². The van der Waals surface area contributed by atoms with Gasteiger partial charge in [0.1, 0.15) is 0 Å². The molecule has 2 atom stereocenters. The molecule has 3 aromatic carbocycles. The first kappa shape index (κ1) is 25.5. The highest BCUT2D eigenvalue weighted by Gasteiger charge is 2.45. The number of Topliss-reactive ketones (excluding diaryl/α,β-unsaturated/α-hetero) is 2. The van der Waals surface area contributed by atoms with Crippen LogP contribution >= 0.6 is 0 Å². The Balaban J connectivity index is 1.80. The van der Waals surface area contributed by atoms with Gasteiger partial charge in [-0.05, 0) is 30.5 Å². The van der Waals surface area contributed by atoms with Gasteiger partial charge in [-0.1, -0.05) is 78.9 Å². The number of piperidine rings is 1. The third-order valence-corrected chi connectivity index (χ3v) is 7.37. The molecule has 0 saturated carbocycles. The van der Waals surface area contributed by atoms with E-state index in [9.17, 15) is 14.4 Å². The molecule has 4 rings (SSSR count). The van der Waals surface area contributed by atoms with Crippen molar-refractivity contribution >= 4 is 17.5 Å².